The monoisotopic (exact) mass is 307 g/mol. The maximum absolute atomic E-state index is 11.8. The van der Waals surface area contributed by atoms with Gasteiger partial charge < -0.3 is 10.1 Å². The fourth-order valence-corrected chi connectivity index (χ4v) is 2.19. The Kier molecular flexibility index (Phi) is 6.19. The molecule has 1 N–H and O–H groups in total. The first-order valence-electron chi connectivity index (χ1n) is 5.95. The number of hydrogen-bond acceptors (Lipinski definition) is 3. The maximum Gasteiger partial charge on any atom is 0.422 e. The lowest BCUT2D eigenvalue weighted by atomic mass is 10.1. The molecule has 0 aliphatic carbocycles. The molecule has 3 nitrogen and oxygen atoms in total. The maximum atomic E-state index is 11.8. The van der Waals surface area contributed by atoms with Gasteiger partial charge in [0.1, 0.15) is 0 Å². The van der Waals surface area contributed by atoms with Gasteiger partial charge in [-0.25, -0.2) is 4.79 Å². The lowest BCUT2D eigenvalue weighted by molar-refractivity contribution is -0.160. The minimum Gasteiger partial charge on any atom is -0.440 e. The summed E-state index contributed by atoms with van der Waals surface area (Å²) in [6, 6.07) is 6.00. The molecule has 0 radical (unpaired) electrons. The van der Waals surface area contributed by atoms with Crippen LogP contribution in [-0.4, -0.2) is 31.2 Å². The van der Waals surface area contributed by atoms with E-state index in [0.717, 1.165) is 4.90 Å². The molecule has 0 aliphatic heterocycles. The van der Waals surface area contributed by atoms with Crippen molar-refractivity contribution in [3.63, 3.8) is 0 Å². The van der Waals surface area contributed by atoms with E-state index in [1.165, 1.54) is 22.9 Å². The third kappa shape index (κ3) is 6.70. The summed E-state index contributed by atoms with van der Waals surface area (Å²) < 4.78 is 39.4. The average molecular weight is 307 g/mol. The van der Waals surface area contributed by atoms with Crippen molar-refractivity contribution in [2.45, 2.75) is 24.9 Å². The fraction of sp³-hybridized carbons (Fsp3) is 0.462. The van der Waals surface area contributed by atoms with Crippen LogP contribution in [0.5, 0.6) is 0 Å². The van der Waals surface area contributed by atoms with Crippen LogP contribution in [0.1, 0.15) is 11.1 Å². The summed E-state index contributed by atoms with van der Waals surface area (Å²) in [5.41, 5.74) is 2.37. The number of amides is 1. The van der Waals surface area contributed by atoms with Crippen molar-refractivity contribution in [3.05, 3.63) is 29.3 Å². The van der Waals surface area contributed by atoms with E-state index in [1.54, 1.807) is 0 Å². The van der Waals surface area contributed by atoms with E-state index in [9.17, 15) is 18.0 Å². The molecule has 1 rings (SSSR count). The van der Waals surface area contributed by atoms with Crippen LogP contribution in [0.2, 0.25) is 0 Å². The largest absolute Gasteiger partial charge is 0.440 e. The number of benzene rings is 1. The van der Waals surface area contributed by atoms with Gasteiger partial charge in [0.25, 0.3) is 0 Å². The Morgan fingerprint density at radius 2 is 2.00 bits per heavy atom. The summed E-state index contributed by atoms with van der Waals surface area (Å²) in [5, 5.41) is 2.27. The molecule has 0 heterocycles. The van der Waals surface area contributed by atoms with Crippen LogP contribution >= 0.6 is 11.8 Å². The van der Waals surface area contributed by atoms with Crippen LogP contribution in [0.25, 0.3) is 0 Å². The van der Waals surface area contributed by atoms with E-state index in [-0.39, 0.29) is 6.54 Å². The zero-order valence-corrected chi connectivity index (χ0v) is 12.0. The van der Waals surface area contributed by atoms with Gasteiger partial charge in [-0.1, -0.05) is 6.07 Å². The van der Waals surface area contributed by atoms with Gasteiger partial charge in [-0.2, -0.15) is 13.2 Å². The summed E-state index contributed by atoms with van der Waals surface area (Å²) in [7, 11) is 0. The van der Waals surface area contributed by atoms with Gasteiger partial charge in [-0.15, -0.1) is 11.8 Å². The zero-order chi connectivity index (χ0) is 15.2. The van der Waals surface area contributed by atoms with Crippen LogP contribution in [0.15, 0.2) is 23.1 Å². The third-order valence-corrected chi connectivity index (χ3v) is 3.48. The number of carbonyl (C=O) groups is 1. The second-order valence-corrected chi connectivity index (χ2v) is 5.38. The highest BCUT2D eigenvalue weighted by atomic mass is 32.2. The Labute approximate surface area is 119 Å². The van der Waals surface area contributed by atoms with Crippen LogP contribution in [-0.2, 0) is 4.74 Å². The van der Waals surface area contributed by atoms with Gasteiger partial charge in [0.2, 0.25) is 0 Å². The molecular formula is C13H16F3NO2S. The van der Waals surface area contributed by atoms with E-state index >= 15 is 0 Å². The number of carbonyl (C=O) groups excluding carboxylic acids is 1. The molecule has 0 saturated heterocycles. The average Bonchev–Trinajstić information content (AvgIpc) is 2.35. The van der Waals surface area contributed by atoms with Crippen molar-refractivity contribution in [3.8, 4) is 0 Å². The molecule has 1 aromatic rings. The lowest BCUT2D eigenvalue weighted by Crippen LogP contribution is -2.30. The number of thioether (sulfide) groups is 1. The van der Waals surface area contributed by atoms with E-state index in [0.29, 0.717) is 5.75 Å². The number of ether oxygens (including phenoxy) is 1. The van der Waals surface area contributed by atoms with E-state index < -0.39 is 18.9 Å². The summed E-state index contributed by atoms with van der Waals surface area (Å²) in [5.74, 6) is 0.559. The first-order chi connectivity index (χ1) is 9.28. The van der Waals surface area contributed by atoms with Crippen molar-refractivity contribution in [2.75, 3.05) is 18.9 Å². The molecule has 0 unspecified atom stereocenters. The molecule has 7 heteroatoms. The molecule has 0 bridgehead atoms. The van der Waals surface area contributed by atoms with Crippen molar-refractivity contribution < 1.29 is 22.7 Å². The van der Waals surface area contributed by atoms with Gasteiger partial charge in [0, 0.05) is 17.2 Å². The third-order valence-electron chi connectivity index (χ3n) is 2.49. The normalized spacial score (nSPS) is 11.2. The lowest BCUT2D eigenvalue weighted by Gasteiger charge is -2.09. The van der Waals surface area contributed by atoms with Crippen molar-refractivity contribution in [1.82, 2.24) is 5.32 Å². The minimum absolute atomic E-state index is 0.244. The molecular weight excluding hydrogens is 291 g/mol. The highest BCUT2D eigenvalue weighted by Crippen LogP contribution is 2.20. The van der Waals surface area contributed by atoms with Crippen LogP contribution < -0.4 is 5.32 Å². The first-order valence-corrected chi connectivity index (χ1v) is 6.94. The SMILES string of the molecule is Cc1ccc(SCCNC(=O)OCC(F)(F)F)cc1C. The summed E-state index contributed by atoms with van der Waals surface area (Å²) in [6.07, 6.45) is -5.55. The van der Waals surface area contributed by atoms with Crippen LogP contribution in [0.3, 0.4) is 0 Å². The minimum atomic E-state index is -4.49. The molecule has 1 amide bonds. The molecule has 20 heavy (non-hydrogen) atoms. The number of nitrogens with one attached hydrogen (secondary N) is 1. The molecule has 1 aromatic carbocycles. The Bertz CT molecular complexity index is 463. The second-order valence-electron chi connectivity index (χ2n) is 4.21. The number of alkyl halides is 3. The Balaban J connectivity index is 2.21. The fourth-order valence-electron chi connectivity index (χ4n) is 1.32. The molecule has 0 aromatic heterocycles. The summed E-state index contributed by atoms with van der Waals surface area (Å²) in [6.45, 7) is 2.70. The summed E-state index contributed by atoms with van der Waals surface area (Å²) in [4.78, 5) is 12.0. The molecule has 0 atom stereocenters. The predicted molar refractivity (Wildman–Crippen MR) is 72.0 cm³/mol. The Hall–Kier alpha value is -1.37. The predicted octanol–water partition coefficient (Wildman–Crippen LogP) is 3.68. The first kappa shape index (κ1) is 16.7. The van der Waals surface area contributed by atoms with Crippen molar-refractivity contribution in [1.29, 1.82) is 0 Å². The van der Waals surface area contributed by atoms with Gasteiger partial charge in [0.05, 0.1) is 0 Å². The number of rotatable bonds is 5. The van der Waals surface area contributed by atoms with Crippen LogP contribution in [0.4, 0.5) is 18.0 Å². The number of alkyl carbamates (subject to hydrolysis) is 1. The van der Waals surface area contributed by atoms with Gasteiger partial charge >= 0.3 is 12.3 Å². The molecule has 0 fully saturated rings. The highest BCUT2D eigenvalue weighted by molar-refractivity contribution is 7.99. The smallest absolute Gasteiger partial charge is 0.422 e. The van der Waals surface area contributed by atoms with E-state index in [4.69, 9.17) is 0 Å². The van der Waals surface area contributed by atoms with Gasteiger partial charge in [-0.3, -0.25) is 0 Å². The second kappa shape index (κ2) is 7.42. The van der Waals surface area contributed by atoms with Crippen LogP contribution in [0, 0.1) is 13.8 Å². The van der Waals surface area contributed by atoms with E-state index in [1.807, 2.05) is 32.0 Å². The molecule has 0 saturated carbocycles. The summed E-state index contributed by atoms with van der Waals surface area (Å²) >= 11 is 1.52. The van der Waals surface area contributed by atoms with Gasteiger partial charge in [-0.05, 0) is 37.1 Å². The Morgan fingerprint density at radius 1 is 1.30 bits per heavy atom. The number of halogens is 3. The topological polar surface area (TPSA) is 38.3 Å². The molecule has 0 spiro atoms. The quantitative estimate of drug-likeness (QED) is 0.666. The Morgan fingerprint density at radius 3 is 2.60 bits per heavy atom. The zero-order valence-electron chi connectivity index (χ0n) is 11.2. The number of aryl methyl sites for hydroxylation is 2. The van der Waals surface area contributed by atoms with Gasteiger partial charge in [0.15, 0.2) is 6.61 Å². The highest BCUT2D eigenvalue weighted by Gasteiger charge is 2.29. The standard InChI is InChI=1S/C13H16F3NO2S/c1-9-3-4-11(7-10(9)2)20-6-5-17-12(18)19-8-13(14,15)16/h3-4,7H,5-6,8H2,1-2H3,(H,17,18). The van der Waals surface area contributed by atoms with Crippen molar-refractivity contribution in [2.24, 2.45) is 0 Å². The van der Waals surface area contributed by atoms with E-state index in [2.05, 4.69) is 10.1 Å². The molecule has 112 valence electrons. The van der Waals surface area contributed by atoms with Crippen molar-refractivity contribution >= 4 is 17.9 Å². The molecule has 0 aliphatic rings. The number of hydrogen-bond donors (Lipinski definition) is 1.